The van der Waals surface area contributed by atoms with Gasteiger partial charge in [0.2, 0.25) is 6.20 Å². The molecule has 1 N–H and O–H groups in total. The van der Waals surface area contributed by atoms with Crippen molar-refractivity contribution in [2.45, 2.75) is 6.54 Å². The summed E-state index contributed by atoms with van der Waals surface area (Å²) in [7, 11) is 0. The summed E-state index contributed by atoms with van der Waals surface area (Å²) in [6.07, 6.45) is 3.57. The maximum Gasteiger partial charge on any atom is 0.211 e. The van der Waals surface area contributed by atoms with Crippen LogP contribution in [0.15, 0.2) is 53.3 Å². The predicted molar refractivity (Wildman–Crippen MR) is 67.9 cm³/mol. The van der Waals surface area contributed by atoms with Crippen molar-refractivity contribution in [1.29, 1.82) is 0 Å². The number of aromatic nitrogens is 1. The van der Waals surface area contributed by atoms with Gasteiger partial charge in [-0.25, -0.2) is 0 Å². The third-order valence-electron chi connectivity index (χ3n) is 2.27. The molecule has 3 nitrogen and oxygen atoms in total. The zero-order valence-corrected chi connectivity index (χ0v) is 10.8. The molecule has 2 rings (SSSR count). The third-order valence-corrected chi connectivity index (χ3v) is 2.80. The van der Waals surface area contributed by atoms with Crippen LogP contribution in [0.25, 0.3) is 0 Å². The maximum atomic E-state index is 9.29. The van der Waals surface area contributed by atoms with Gasteiger partial charge in [-0.15, -0.1) is 0 Å². The van der Waals surface area contributed by atoms with Gasteiger partial charge in [-0.05, 0) is 30.3 Å². The van der Waals surface area contributed by atoms with Gasteiger partial charge in [0, 0.05) is 10.5 Å². The van der Waals surface area contributed by atoms with Gasteiger partial charge < -0.3 is 9.84 Å². The molecule has 2 aromatic rings. The van der Waals surface area contributed by atoms with E-state index < -0.39 is 0 Å². The number of benzene rings is 1. The van der Waals surface area contributed by atoms with Crippen LogP contribution in [0.2, 0.25) is 0 Å². The second-order valence-electron chi connectivity index (χ2n) is 3.60. The third kappa shape index (κ3) is 3.75. The van der Waals surface area contributed by atoms with E-state index in [2.05, 4.69) is 15.9 Å². The summed E-state index contributed by atoms with van der Waals surface area (Å²) >= 11 is 3.37. The quantitative estimate of drug-likeness (QED) is 0.879. The Morgan fingerprint density at radius 3 is 2.65 bits per heavy atom. The van der Waals surface area contributed by atoms with Crippen LogP contribution >= 0.6 is 15.9 Å². The van der Waals surface area contributed by atoms with E-state index in [1.165, 1.54) is 0 Å². The minimum absolute atomic E-state index is 0.260. The second-order valence-corrected chi connectivity index (χ2v) is 4.52. The topological polar surface area (TPSA) is 33.3 Å². The smallest absolute Gasteiger partial charge is 0.211 e. The summed E-state index contributed by atoms with van der Waals surface area (Å²) in [6.45, 7) is 1.26. The molecule has 0 aliphatic heterocycles. The lowest BCUT2D eigenvalue weighted by Gasteiger charge is -2.03. The van der Waals surface area contributed by atoms with Crippen LogP contribution in [0.4, 0.5) is 0 Å². The summed E-state index contributed by atoms with van der Waals surface area (Å²) < 4.78 is 8.50. The normalized spacial score (nSPS) is 10.2. The Kier molecular flexibility index (Phi) is 3.98. The molecule has 0 amide bonds. The SMILES string of the molecule is Oc1ccc[n+](CCOc2ccc(Br)cc2)c1. The number of nitrogens with zero attached hydrogens (tertiary/aromatic N) is 1. The largest absolute Gasteiger partial charge is 0.503 e. The molecule has 0 spiro atoms. The molecule has 1 aromatic heterocycles. The van der Waals surface area contributed by atoms with Crippen LogP contribution in [0, 0.1) is 0 Å². The fourth-order valence-electron chi connectivity index (χ4n) is 1.45. The van der Waals surface area contributed by atoms with Crippen molar-refractivity contribution in [3.63, 3.8) is 0 Å². The molecule has 0 saturated carbocycles. The summed E-state index contributed by atoms with van der Waals surface area (Å²) in [6, 6.07) is 11.2. The maximum absolute atomic E-state index is 9.29. The molecule has 0 saturated heterocycles. The van der Waals surface area contributed by atoms with Crippen molar-refractivity contribution in [1.82, 2.24) is 0 Å². The van der Waals surface area contributed by atoms with Gasteiger partial charge >= 0.3 is 0 Å². The lowest BCUT2D eigenvalue weighted by molar-refractivity contribution is -0.697. The van der Waals surface area contributed by atoms with Gasteiger partial charge in [0.1, 0.15) is 12.4 Å². The lowest BCUT2D eigenvalue weighted by atomic mass is 10.3. The number of ether oxygens (including phenoxy) is 1. The van der Waals surface area contributed by atoms with E-state index in [4.69, 9.17) is 4.74 Å². The number of rotatable bonds is 4. The average Bonchev–Trinajstić information content (AvgIpc) is 2.32. The van der Waals surface area contributed by atoms with Gasteiger partial charge in [0.15, 0.2) is 18.5 Å². The van der Waals surface area contributed by atoms with Crippen LogP contribution in [-0.4, -0.2) is 11.7 Å². The fraction of sp³-hybridized carbons (Fsp3) is 0.154. The zero-order chi connectivity index (χ0) is 12.1. The second kappa shape index (κ2) is 5.68. The molecule has 4 heteroatoms. The molecular weight excluding hydrogens is 282 g/mol. The first kappa shape index (κ1) is 11.9. The number of aromatic hydroxyl groups is 1. The van der Waals surface area contributed by atoms with Crippen molar-refractivity contribution in [2.24, 2.45) is 0 Å². The highest BCUT2D eigenvalue weighted by molar-refractivity contribution is 9.10. The van der Waals surface area contributed by atoms with Crippen LogP contribution < -0.4 is 9.30 Å². The Morgan fingerprint density at radius 1 is 1.18 bits per heavy atom. The first-order chi connectivity index (χ1) is 8.24. The molecule has 0 aliphatic carbocycles. The standard InChI is InChI=1S/C13H12BrNO2/c14-11-3-5-13(6-4-11)17-9-8-15-7-1-2-12(16)10-15/h1-7,10H,8-9H2/p+1. The van der Waals surface area contributed by atoms with Crippen molar-refractivity contribution < 1.29 is 14.4 Å². The van der Waals surface area contributed by atoms with Crippen LogP contribution in [-0.2, 0) is 6.54 Å². The first-order valence-corrected chi connectivity index (χ1v) is 6.10. The summed E-state index contributed by atoms with van der Waals surface area (Å²) in [5.41, 5.74) is 0. The van der Waals surface area contributed by atoms with Gasteiger partial charge in [0.05, 0.1) is 0 Å². The monoisotopic (exact) mass is 294 g/mol. The van der Waals surface area contributed by atoms with Crippen LogP contribution in [0.3, 0.4) is 0 Å². The van der Waals surface area contributed by atoms with Gasteiger partial charge in [-0.2, -0.15) is 4.57 Å². The van der Waals surface area contributed by atoms with Crippen LogP contribution in [0.1, 0.15) is 0 Å². The molecule has 0 radical (unpaired) electrons. The Bertz CT molecular complexity index is 485. The van der Waals surface area contributed by atoms with E-state index in [0.717, 1.165) is 10.2 Å². The number of pyridine rings is 1. The van der Waals surface area contributed by atoms with Crippen molar-refractivity contribution >= 4 is 15.9 Å². The molecule has 0 unspecified atom stereocenters. The number of hydrogen-bond donors (Lipinski definition) is 1. The molecule has 17 heavy (non-hydrogen) atoms. The Labute approximate surface area is 108 Å². The number of halogens is 1. The van der Waals surface area contributed by atoms with Gasteiger partial charge in [-0.1, -0.05) is 15.9 Å². The molecular formula is C13H13BrNO2+. The molecule has 0 bridgehead atoms. The zero-order valence-electron chi connectivity index (χ0n) is 9.21. The molecule has 88 valence electrons. The minimum atomic E-state index is 0.260. The van der Waals surface area contributed by atoms with E-state index in [1.807, 2.05) is 35.0 Å². The molecule has 0 aliphatic rings. The van der Waals surface area contributed by atoms with Gasteiger partial charge in [-0.3, -0.25) is 0 Å². The van der Waals surface area contributed by atoms with E-state index >= 15 is 0 Å². The highest BCUT2D eigenvalue weighted by Gasteiger charge is 2.02. The van der Waals surface area contributed by atoms with Crippen molar-refractivity contribution in [3.05, 3.63) is 53.3 Å². The van der Waals surface area contributed by atoms with Crippen molar-refractivity contribution in [2.75, 3.05) is 6.61 Å². The molecule has 1 aromatic carbocycles. The summed E-state index contributed by atoms with van der Waals surface area (Å²) in [5.74, 6) is 1.10. The fourth-order valence-corrected chi connectivity index (χ4v) is 1.71. The first-order valence-electron chi connectivity index (χ1n) is 5.30. The average molecular weight is 295 g/mol. The van der Waals surface area contributed by atoms with Gasteiger partial charge in [0.25, 0.3) is 0 Å². The minimum Gasteiger partial charge on any atom is -0.503 e. The van der Waals surface area contributed by atoms with E-state index in [9.17, 15) is 5.11 Å². The van der Waals surface area contributed by atoms with Crippen molar-refractivity contribution in [3.8, 4) is 11.5 Å². The Morgan fingerprint density at radius 2 is 1.94 bits per heavy atom. The molecule has 1 heterocycles. The summed E-state index contributed by atoms with van der Waals surface area (Å²) in [4.78, 5) is 0. The predicted octanol–water partition coefficient (Wildman–Crippen LogP) is 2.52. The Hall–Kier alpha value is -1.55. The van der Waals surface area contributed by atoms with E-state index in [1.54, 1.807) is 18.3 Å². The molecule has 0 atom stereocenters. The van der Waals surface area contributed by atoms with Crippen LogP contribution in [0.5, 0.6) is 11.5 Å². The highest BCUT2D eigenvalue weighted by atomic mass is 79.9. The number of hydrogen-bond acceptors (Lipinski definition) is 2. The molecule has 0 fully saturated rings. The van der Waals surface area contributed by atoms with E-state index in [0.29, 0.717) is 13.2 Å². The Balaban J connectivity index is 1.85. The highest BCUT2D eigenvalue weighted by Crippen LogP contribution is 2.15. The van der Waals surface area contributed by atoms with E-state index in [-0.39, 0.29) is 5.75 Å². The summed E-state index contributed by atoms with van der Waals surface area (Å²) in [5, 5.41) is 9.29. The lowest BCUT2D eigenvalue weighted by Crippen LogP contribution is -2.35.